The van der Waals surface area contributed by atoms with Gasteiger partial charge in [0.25, 0.3) is 0 Å². The summed E-state index contributed by atoms with van der Waals surface area (Å²) in [6.07, 6.45) is 11.1. The van der Waals surface area contributed by atoms with Crippen LogP contribution >= 0.6 is 15.9 Å². The van der Waals surface area contributed by atoms with Crippen molar-refractivity contribution in [1.82, 2.24) is 24.6 Å². The Balaban J connectivity index is 1.36. The molecule has 4 rings (SSSR count). The molecule has 21 heavy (non-hydrogen) atoms. The van der Waals surface area contributed by atoms with Crippen molar-refractivity contribution in [3.63, 3.8) is 0 Å². The molecule has 0 spiro atoms. The van der Waals surface area contributed by atoms with Crippen molar-refractivity contribution in [3.8, 4) is 0 Å². The van der Waals surface area contributed by atoms with Gasteiger partial charge in [-0.1, -0.05) is 0 Å². The Bertz CT molecular complexity index is 628. The van der Waals surface area contributed by atoms with Gasteiger partial charge in [0.15, 0.2) is 5.65 Å². The fourth-order valence-electron chi connectivity index (χ4n) is 3.20. The Morgan fingerprint density at radius 3 is 2.71 bits per heavy atom. The van der Waals surface area contributed by atoms with E-state index in [-0.39, 0.29) is 0 Å². The van der Waals surface area contributed by atoms with E-state index in [1.807, 2.05) is 12.4 Å². The molecule has 1 N–H and O–H groups in total. The first-order valence-electron chi connectivity index (χ1n) is 7.74. The second-order valence-electron chi connectivity index (χ2n) is 6.11. The molecular weight excluding hydrogens is 330 g/mol. The van der Waals surface area contributed by atoms with Crippen LogP contribution in [0.1, 0.15) is 31.4 Å². The summed E-state index contributed by atoms with van der Waals surface area (Å²) in [4.78, 5) is 11.3. The predicted molar refractivity (Wildman–Crippen MR) is 85.1 cm³/mol. The number of hydrogen-bond donors (Lipinski definition) is 1. The number of piperidine rings is 1. The highest BCUT2D eigenvalue weighted by Crippen LogP contribution is 2.29. The molecule has 2 aromatic rings. The van der Waals surface area contributed by atoms with Crippen molar-refractivity contribution in [2.75, 3.05) is 13.1 Å². The number of likely N-dealkylation sites (tertiary alicyclic amines) is 1. The van der Waals surface area contributed by atoms with Gasteiger partial charge in [-0.25, -0.2) is 9.97 Å². The van der Waals surface area contributed by atoms with Crippen LogP contribution in [0.3, 0.4) is 0 Å². The number of rotatable bonds is 4. The zero-order chi connectivity index (χ0) is 14.2. The van der Waals surface area contributed by atoms with Gasteiger partial charge in [-0.3, -0.25) is 4.40 Å². The maximum Gasteiger partial charge on any atom is 0.155 e. The van der Waals surface area contributed by atoms with E-state index in [0.29, 0.717) is 6.04 Å². The van der Waals surface area contributed by atoms with Crippen LogP contribution in [0.2, 0.25) is 0 Å². The molecule has 0 amide bonds. The molecule has 1 aliphatic carbocycles. The zero-order valence-electron chi connectivity index (χ0n) is 12.0. The minimum Gasteiger partial charge on any atom is -0.308 e. The molecule has 0 bridgehead atoms. The maximum absolute atomic E-state index is 4.40. The third-order valence-corrected chi connectivity index (χ3v) is 5.02. The second-order valence-corrected chi connectivity index (χ2v) is 6.92. The Morgan fingerprint density at radius 2 is 1.95 bits per heavy atom. The van der Waals surface area contributed by atoms with Gasteiger partial charge >= 0.3 is 0 Å². The number of imidazole rings is 1. The molecule has 2 aliphatic rings. The normalized spacial score (nSPS) is 21.2. The van der Waals surface area contributed by atoms with E-state index in [4.69, 9.17) is 0 Å². The first kappa shape index (κ1) is 13.7. The van der Waals surface area contributed by atoms with Gasteiger partial charge in [0.1, 0.15) is 4.60 Å². The predicted octanol–water partition coefficient (Wildman–Crippen LogP) is 2.21. The van der Waals surface area contributed by atoms with Gasteiger partial charge in [-0.2, -0.15) is 0 Å². The van der Waals surface area contributed by atoms with Crippen molar-refractivity contribution in [3.05, 3.63) is 28.9 Å². The fraction of sp³-hybridized carbons (Fsp3) is 0.600. The minimum atomic E-state index is 0.635. The summed E-state index contributed by atoms with van der Waals surface area (Å²) in [5.41, 5.74) is 2.09. The molecule has 1 saturated heterocycles. The Morgan fingerprint density at radius 1 is 1.14 bits per heavy atom. The summed E-state index contributed by atoms with van der Waals surface area (Å²) in [5, 5.41) is 3.69. The van der Waals surface area contributed by atoms with Crippen LogP contribution < -0.4 is 5.32 Å². The largest absolute Gasteiger partial charge is 0.308 e. The summed E-state index contributed by atoms with van der Waals surface area (Å²) >= 11 is 3.42. The van der Waals surface area contributed by atoms with Crippen molar-refractivity contribution < 1.29 is 0 Å². The molecule has 1 saturated carbocycles. The van der Waals surface area contributed by atoms with E-state index in [2.05, 4.69) is 40.5 Å². The summed E-state index contributed by atoms with van der Waals surface area (Å²) in [6.45, 7) is 3.38. The van der Waals surface area contributed by atoms with Gasteiger partial charge in [0.2, 0.25) is 0 Å². The lowest BCUT2D eigenvalue weighted by Crippen LogP contribution is -2.43. The van der Waals surface area contributed by atoms with Crippen LogP contribution in [0, 0.1) is 0 Å². The van der Waals surface area contributed by atoms with Crippen LogP contribution in [0.5, 0.6) is 0 Å². The monoisotopic (exact) mass is 349 g/mol. The van der Waals surface area contributed by atoms with Gasteiger partial charge in [0.05, 0.1) is 18.1 Å². The standard InChI is InChI=1S/C15H20BrN5/c16-14-10-21-13(8-19-15(21)9-18-14)7-17-11-3-5-20(6-4-11)12-1-2-12/h8-12,17H,1-7H2. The molecule has 0 unspecified atom stereocenters. The number of halogens is 1. The molecule has 112 valence electrons. The molecule has 3 heterocycles. The molecule has 0 aromatic carbocycles. The Kier molecular flexibility index (Phi) is 3.69. The average Bonchev–Trinajstić information content (AvgIpc) is 3.28. The highest BCUT2D eigenvalue weighted by Gasteiger charge is 2.31. The molecule has 0 atom stereocenters. The lowest BCUT2D eigenvalue weighted by Gasteiger charge is -2.32. The number of fused-ring (bicyclic) bond motifs is 1. The lowest BCUT2D eigenvalue weighted by molar-refractivity contribution is 0.189. The van der Waals surface area contributed by atoms with Crippen molar-refractivity contribution in [2.45, 2.75) is 44.3 Å². The average molecular weight is 350 g/mol. The van der Waals surface area contributed by atoms with Gasteiger partial charge in [0, 0.05) is 24.8 Å². The van der Waals surface area contributed by atoms with Crippen LogP contribution in [-0.4, -0.2) is 44.4 Å². The molecule has 2 fully saturated rings. The van der Waals surface area contributed by atoms with Crippen LogP contribution in [-0.2, 0) is 6.54 Å². The zero-order valence-corrected chi connectivity index (χ0v) is 13.6. The van der Waals surface area contributed by atoms with E-state index in [1.165, 1.54) is 44.5 Å². The quantitative estimate of drug-likeness (QED) is 0.919. The van der Waals surface area contributed by atoms with E-state index < -0.39 is 0 Å². The van der Waals surface area contributed by atoms with Crippen molar-refractivity contribution in [2.24, 2.45) is 0 Å². The van der Waals surface area contributed by atoms with E-state index in [0.717, 1.165) is 22.8 Å². The lowest BCUT2D eigenvalue weighted by atomic mass is 10.0. The highest BCUT2D eigenvalue weighted by molar-refractivity contribution is 9.10. The maximum atomic E-state index is 4.40. The van der Waals surface area contributed by atoms with Gasteiger partial charge < -0.3 is 10.2 Å². The number of aromatic nitrogens is 3. The van der Waals surface area contributed by atoms with Crippen LogP contribution in [0.4, 0.5) is 0 Å². The summed E-state index contributed by atoms with van der Waals surface area (Å²) in [5.74, 6) is 0. The van der Waals surface area contributed by atoms with Crippen LogP contribution in [0.15, 0.2) is 23.2 Å². The molecule has 6 heteroatoms. The fourth-order valence-corrected chi connectivity index (χ4v) is 3.51. The van der Waals surface area contributed by atoms with Crippen molar-refractivity contribution >= 4 is 21.6 Å². The van der Waals surface area contributed by atoms with Crippen molar-refractivity contribution in [1.29, 1.82) is 0 Å². The van der Waals surface area contributed by atoms with Gasteiger partial charge in [-0.15, -0.1) is 0 Å². The van der Waals surface area contributed by atoms with E-state index in [9.17, 15) is 0 Å². The van der Waals surface area contributed by atoms with E-state index >= 15 is 0 Å². The minimum absolute atomic E-state index is 0.635. The number of nitrogens with one attached hydrogen (secondary N) is 1. The SMILES string of the molecule is Brc1cn2c(CNC3CCN(C4CC4)CC3)cnc2cn1. The summed E-state index contributed by atoms with van der Waals surface area (Å²) in [6, 6.07) is 1.55. The van der Waals surface area contributed by atoms with E-state index in [1.54, 1.807) is 6.20 Å². The van der Waals surface area contributed by atoms with Crippen LogP contribution in [0.25, 0.3) is 5.65 Å². The highest BCUT2D eigenvalue weighted by atomic mass is 79.9. The number of hydrogen-bond acceptors (Lipinski definition) is 4. The third kappa shape index (κ3) is 2.98. The molecule has 2 aromatic heterocycles. The topological polar surface area (TPSA) is 45.5 Å². The number of nitrogens with zero attached hydrogens (tertiary/aromatic N) is 4. The molecule has 1 aliphatic heterocycles. The summed E-state index contributed by atoms with van der Waals surface area (Å²) < 4.78 is 2.94. The second kappa shape index (κ2) is 5.66. The molecule has 0 radical (unpaired) electrons. The Labute approximate surface area is 132 Å². The Hall–Kier alpha value is -0.980. The molecular formula is C15H20BrN5. The first-order valence-corrected chi connectivity index (χ1v) is 8.54. The van der Waals surface area contributed by atoms with Gasteiger partial charge in [-0.05, 0) is 54.7 Å². The summed E-state index contributed by atoms with van der Waals surface area (Å²) in [7, 11) is 0. The molecule has 5 nitrogen and oxygen atoms in total. The third-order valence-electron chi connectivity index (χ3n) is 4.61. The first-order chi connectivity index (χ1) is 10.3. The smallest absolute Gasteiger partial charge is 0.155 e.